The summed E-state index contributed by atoms with van der Waals surface area (Å²) < 4.78 is 15.5. The van der Waals surface area contributed by atoms with Gasteiger partial charge in [0.05, 0.1) is 0 Å². The Bertz CT molecular complexity index is 121. The van der Waals surface area contributed by atoms with Crippen LogP contribution >= 0.6 is 11.6 Å². The lowest BCUT2D eigenvalue weighted by Crippen LogP contribution is -2.42. The van der Waals surface area contributed by atoms with Gasteiger partial charge < -0.3 is 13.3 Å². The summed E-state index contributed by atoms with van der Waals surface area (Å²) in [5.74, 6) is 0.616. The molecule has 86 valence electrons. The van der Waals surface area contributed by atoms with Gasteiger partial charge in [-0.05, 0) is 13.3 Å². The molecule has 0 unspecified atom stereocenters. The molecule has 0 amide bonds. The Hall–Kier alpha value is 0.127. The van der Waals surface area contributed by atoms with E-state index in [0.29, 0.717) is 5.88 Å². The van der Waals surface area contributed by atoms with Gasteiger partial charge in [0.15, 0.2) is 0 Å². The molecular formula is C9H21ClO3Si. The van der Waals surface area contributed by atoms with Crippen LogP contribution in [-0.2, 0) is 13.3 Å². The molecule has 3 nitrogen and oxygen atoms in total. The van der Waals surface area contributed by atoms with Gasteiger partial charge in [0.1, 0.15) is 0 Å². The van der Waals surface area contributed by atoms with Crippen LogP contribution in [0.2, 0.25) is 6.04 Å². The lowest BCUT2D eigenvalue weighted by atomic mass is 10.6. The monoisotopic (exact) mass is 240 g/mol. The van der Waals surface area contributed by atoms with E-state index in [1.807, 2.05) is 6.92 Å². The van der Waals surface area contributed by atoms with Gasteiger partial charge in [-0.15, -0.1) is 18.2 Å². The highest BCUT2D eigenvalue weighted by Crippen LogP contribution is 2.14. The summed E-state index contributed by atoms with van der Waals surface area (Å²) in [4.78, 5) is 0. The molecule has 0 aromatic rings. The Morgan fingerprint density at radius 3 is 1.79 bits per heavy atom. The minimum Gasteiger partial charge on any atom is -0.377 e. The third-order valence-corrected chi connectivity index (χ3v) is 4.65. The molecule has 0 saturated carbocycles. The molecule has 0 aliphatic heterocycles. The molecule has 0 N–H and O–H groups in total. The Morgan fingerprint density at radius 2 is 1.57 bits per heavy atom. The highest BCUT2D eigenvalue weighted by Gasteiger charge is 2.36. The van der Waals surface area contributed by atoms with Gasteiger partial charge in [0.25, 0.3) is 0 Å². The summed E-state index contributed by atoms with van der Waals surface area (Å²) in [5.41, 5.74) is 0. The molecule has 0 aliphatic carbocycles. The largest absolute Gasteiger partial charge is 0.500 e. The molecule has 0 fully saturated rings. The summed E-state index contributed by atoms with van der Waals surface area (Å²) >= 11 is 5.53. The van der Waals surface area contributed by atoms with Crippen LogP contribution < -0.4 is 0 Å². The lowest BCUT2D eigenvalue weighted by molar-refractivity contribution is 0.123. The molecule has 0 heterocycles. The van der Waals surface area contributed by atoms with Crippen molar-refractivity contribution in [2.24, 2.45) is 0 Å². The lowest BCUT2D eigenvalue weighted by Gasteiger charge is -2.23. The molecule has 0 rings (SSSR count). The topological polar surface area (TPSA) is 27.7 Å². The first-order chi connectivity index (χ1) is 6.66. The van der Waals surface area contributed by atoms with E-state index in [4.69, 9.17) is 24.9 Å². The Labute approximate surface area is 93.4 Å². The molecular weight excluding hydrogens is 220 g/mol. The van der Waals surface area contributed by atoms with Gasteiger partial charge in [0.2, 0.25) is 0 Å². The fraction of sp³-hybridized carbons (Fsp3) is 0.778. The Balaban J connectivity index is 0. The number of hydrogen-bond acceptors (Lipinski definition) is 3. The average Bonchev–Trinajstić information content (AvgIpc) is 2.22. The highest BCUT2D eigenvalue weighted by atomic mass is 35.5. The number of alkyl halides is 1. The second kappa shape index (κ2) is 11.2. The van der Waals surface area contributed by atoms with E-state index in [-0.39, 0.29) is 0 Å². The molecule has 0 saturated heterocycles. The van der Waals surface area contributed by atoms with Crippen LogP contribution in [0.5, 0.6) is 0 Å². The van der Waals surface area contributed by atoms with Gasteiger partial charge in [-0.3, -0.25) is 0 Å². The average molecular weight is 241 g/mol. The fourth-order valence-corrected chi connectivity index (χ4v) is 2.92. The van der Waals surface area contributed by atoms with E-state index >= 15 is 0 Å². The third-order valence-electron chi connectivity index (χ3n) is 1.55. The molecule has 0 aromatic heterocycles. The first kappa shape index (κ1) is 16.6. The summed E-state index contributed by atoms with van der Waals surface area (Å²) in [6, 6.07) is 0.778. The van der Waals surface area contributed by atoms with Crippen molar-refractivity contribution in [1.29, 1.82) is 0 Å². The molecule has 0 bridgehead atoms. The van der Waals surface area contributed by atoms with Gasteiger partial charge in [-0.2, -0.15) is 0 Å². The fourth-order valence-electron chi connectivity index (χ4n) is 0.840. The van der Waals surface area contributed by atoms with E-state index in [1.165, 1.54) is 0 Å². The number of halogens is 1. The van der Waals surface area contributed by atoms with Crippen molar-refractivity contribution in [2.45, 2.75) is 19.4 Å². The first-order valence-corrected chi connectivity index (χ1v) is 6.91. The Morgan fingerprint density at radius 1 is 1.21 bits per heavy atom. The van der Waals surface area contributed by atoms with Crippen LogP contribution in [0.15, 0.2) is 12.7 Å². The maximum atomic E-state index is 5.53. The van der Waals surface area contributed by atoms with Crippen molar-refractivity contribution in [3.05, 3.63) is 12.7 Å². The number of hydrogen-bond donors (Lipinski definition) is 0. The van der Waals surface area contributed by atoms with E-state index in [2.05, 4.69) is 6.58 Å². The second-order valence-corrected chi connectivity index (χ2v) is 5.96. The van der Waals surface area contributed by atoms with Crippen molar-refractivity contribution in [1.82, 2.24) is 0 Å². The molecule has 0 aromatic carbocycles. The van der Waals surface area contributed by atoms with Crippen LogP contribution in [0.3, 0.4) is 0 Å². The van der Waals surface area contributed by atoms with E-state index < -0.39 is 8.80 Å². The number of rotatable bonds is 6. The smallest absolute Gasteiger partial charge is 0.377 e. The predicted molar refractivity (Wildman–Crippen MR) is 62.8 cm³/mol. The molecule has 0 atom stereocenters. The summed E-state index contributed by atoms with van der Waals surface area (Å²) in [7, 11) is 2.49. The minimum absolute atomic E-state index is 0.616. The van der Waals surface area contributed by atoms with Crippen LogP contribution in [0.4, 0.5) is 0 Å². The van der Waals surface area contributed by atoms with Gasteiger partial charge >= 0.3 is 8.80 Å². The van der Waals surface area contributed by atoms with Crippen LogP contribution in [0, 0.1) is 0 Å². The maximum absolute atomic E-state index is 5.53. The van der Waals surface area contributed by atoms with Crippen molar-refractivity contribution >= 4 is 20.4 Å². The normalized spacial score (nSPS) is 10.4. The Kier molecular flexibility index (Phi) is 13.2. The molecule has 0 radical (unpaired) electrons. The zero-order valence-electron chi connectivity index (χ0n) is 9.51. The van der Waals surface area contributed by atoms with E-state index in [1.54, 1.807) is 27.4 Å². The van der Waals surface area contributed by atoms with Gasteiger partial charge in [-0.25, -0.2) is 0 Å². The van der Waals surface area contributed by atoms with Crippen LogP contribution in [0.25, 0.3) is 0 Å². The second-order valence-electron chi connectivity index (χ2n) is 2.50. The summed E-state index contributed by atoms with van der Waals surface area (Å²) in [6.45, 7) is 5.25. The van der Waals surface area contributed by atoms with Crippen molar-refractivity contribution in [3.63, 3.8) is 0 Å². The van der Waals surface area contributed by atoms with E-state index in [9.17, 15) is 0 Å². The van der Waals surface area contributed by atoms with Crippen molar-refractivity contribution < 1.29 is 13.3 Å². The number of allylic oxidation sites excluding steroid dienone is 1. The van der Waals surface area contributed by atoms with E-state index in [0.717, 1.165) is 12.5 Å². The molecule has 0 aliphatic rings. The maximum Gasteiger partial charge on any atom is 0.500 e. The zero-order chi connectivity index (χ0) is 11.4. The SMILES string of the molecule is C=CC.CO[Si](CCCCl)(OC)OC. The summed E-state index contributed by atoms with van der Waals surface area (Å²) in [6.07, 6.45) is 2.61. The minimum atomic E-state index is -2.32. The predicted octanol–water partition coefficient (Wildman–Crippen LogP) is 2.69. The third kappa shape index (κ3) is 7.52. The van der Waals surface area contributed by atoms with Crippen LogP contribution in [0.1, 0.15) is 13.3 Å². The molecule has 14 heavy (non-hydrogen) atoms. The standard InChI is InChI=1S/C6H15ClO3Si.C3H6/c1-8-11(9-2,10-3)6-4-5-7;1-3-2/h4-6H2,1-3H3;3H,1H2,2H3. The van der Waals surface area contributed by atoms with Crippen molar-refractivity contribution in [3.8, 4) is 0 Å². The first-order valence-electron chi connectivity index (χ1n) is 4.44. The van der Waals surface area contributed by atoms with Gasteiger partial charge in [-0.1, -0.05) is 6.08 Å². The van der Waals surface area contributed by atoms with Gasteiger partial charge in [0, 0.05) is 33.3 Å². The van der Waals surface area contributed by atoms with Crippen LogP contribution in [-0.4, -0.2) is 36.0 Å². The zero-order valence-corrected chi connectivity index (χ0v) is 11.3. The molecule has 5 heteroatoms. The van der Waals surface area contributed by atoms with Crippen molar-refractivity contribution in [2.75, 3.05) is 27.2 Å². The highest BCUT2D eigenvalue weighted by molar-refractivity contribution is 6.60. The molecule has 0 spiro atoms. The summed E-state index contributed by atoms with van der Waals surface area (Å²) in [5, 5.41) is 0. The quantitative estimate of drug-likeness (QED) is 0.406.